The number of rotatable bonds is 13. The fourth-order valence-corrected chi connectivity index (χ4v) is 2.61. The van der Waals surface area contributed by atoms with Gasteiger partial charge in [-0.15, -0.1) is 0 Å². The number of ether oxygens (including phenoxy) is 1. The molecule has 0 fully saturated rings. The normalized spacial score (nSPS) is 12.8. The average Bonchev–Trinajstić information content (AvgIpc) is 2.37. The number of nitrogens with one attached hydrogen (secondary N) is 2. The fourth-order valence-electron chi connectivity index (χ4n) is 1.62. The van der Waals surface area contributed by atoms with E-state index in [4.69, 9.17) is 4.74 Å². The zero-order valence-electron chi connectivity index (χ0n) is 14.2. The van der Waals surface area contributed by atoms with Crippen LogP contribution in [0.2, 0.25) is 0 Å². The lowest BCUT2D eigenvalue weighted by atomic mass is 10.2. The molecule has 0 atom stereocenters. The van der Waals surface area contributed by atoms with E-state index in [0.29, 0.717) is 38.1 Å². The molecule has 0 bridgehead atoms. The smallest absolute Gasteiger partial charge is 0.279 e. The van der Waals surface area contributed by atoms with Crippen LogP contribution in [0.3, 0.4) is 0 Å². The van der Waals surface area contributed by atoms with Gasteiger partial charge in [0.15, 0.2) is 0 Å². The van der Waals surface area contributed by atoms with Gasteiger partial charge >= 0.3 is 0 Å². The van der Waals surface area contributed by atoms with Crippen LogP contribution in [0.25, 0.3) is 0 Å². The van der Waals surface area contributed by atoms with Crippen molar-refractivity contribution in [2.75, 3.05) is 39.9 Å². The Morgan fingerprint density at radius 1 is 1.10 bits per heavy atom. The minimum atomic E-state index is -3.36. The number of hydrogen-bond donors (Lipinski definition) is 2. The second kappa shape index (κ2) is 11.4. The van der Waals surface area contributed by atoms with Gasteiger partial charge in [-0.25, -0.2) is 4.72 Å². The Labute approximate surface area is 130 Å². The van der Waals surface area contributed by atoms with E-state index in [-0.39, 0.29) is 0 Å². The van der Waals surface area contributed by atoms with Crippen LogP contribution in [0.15, 0.2) is 0 Å². The van der Waals surface area contributed by atoms with Crippen molar-refractivity contribution in [2.45, 2.75) is 46.6 Å². The third-order valence-corrected chi connectivity index (χ3v) is 4.39. The summed E-state index contributed by atoms with van der Waals surface area (Å²) in [7, 11) is -1.76. The molecule has 0 aromatic heterocycles. The molecule has 0 aliphatic rings. The second-order valence-corrected chi connectivity index (χ2v) is 7.87. The van der Waals surface area contributed by atoms with Crippen molar-refractivity contribution in [3.63, 3.8) is 0 Å². The summed E-state index contributed by atoms with van der Waals surface area (Å²) in [5.41, 5.74) is 0. The molecular formula is C14H33N3O3S. The maximum atomic E-state index is 12.0. The average molecular weight is 324 g/mol. The number of hydrogen-bond acceptors (Lipinski definition) is 4. The molecule has 0 amide bonds. The molecule has 0 aliphatic carbocycles. The van der Waals surface area contributed by atoms with Gasteiger partial charge in [0.05, 0.1) is 0 Å². The van der Waals surface area contributed by atoms with E-state index in [1.165, 1.54) is 4.31 Å². The largest absolute Gasteiger partial charge is 0.381 e. The molecule has 128 valence electrons. The van der Waals surface area contributed by atoms with Gasteiger partial charge in [-0.3, -0.25) is 0 Å². The monoisotopic (exact) mass is 323 g/mol. The molecule has 0 saturated carbocycles. The van der Waals surface area contributed by atoms with Crippen molar-refractivity contribution in [2.24, 2.45) is 5.92 Å². The predicted octanol–water partition coefficient (Wildman–Crippen LogP) is 1.20. The summed E-state index contributed by atoms with van der Waals surface area (Å²) in [5, 5.41) is 3.27. The minimum Gasteiger partial charge on any atom is -0.381 e. The predicted molar refractivity (Wildman–Crippen MR) is 87.6 cm³/mol. The SMILES string of the molecule is CC(C)COCCCNS(=O)(=O)N(C)CCCNC(C)C. The summed E-state index contributed by atoms with van der Waals surface area (Å²) in [6, 6.07) is 0.427. The van der Waals surface area contributed by atoms with Gasteiger partial charge in [0.25, 0.3) is 10.2 Å². The van der Waals surface area contributed by atoms with Gasteiger partial charge in [-0.2, -0.15) is 12.7 Å². The Hall–Kier alpha value is -0.210. The molecular weight excluding hydrogens is 290 g/mol. The van der Waals surface area contributed by atoms with Crippen molar-refractivity contribution in [1.82, 2.24) is 14.3 Å². The lowest BCUT2D eigenvalue weighted by molar-refractivity contribution is 0.108. The van der Waals surface area contributed by atoms with Crippen molar-refractivity contribution < 1.29 is 13.2 Å². The van der Waals surface area contributed by atoms with Crippen LogP contribution < -0.4 is 10.0 Å². The van der Waals surface area contributed by atoms with E-state index >= 15 is 0 Å². The molecule has 0 heterocycles. The van der Waals surface area contributed by atoms with E-state index in [1.807, 2.05) is 0 Å². The van der Waals surface area contributed by atoms with E-state index in [0.717, 1.165) is 19.6 Å². The van der Waals surface area contributed by atoms with Crippen LogP contribution in [0.5, 0.6) is 0 Å². The van der Waals surface area contributed by atoms with Crippen LogP contribution in [-0.4, -0.2) is 58.7 Å². The molecule has 0 rings (SSSR count). The van der Waals surface area contributed by atoms with Crippen molar-refractivity contribution in [3.8, 4) is 0 Å². The summed E-state index contributed by atoms with van der Waals surface area (Å²) < 4.78 is 33.3. The molecule has 0 aliphatic heterocycles. The van der Waals surface area contributed by atoms with Gasteiger partial charge < -0.3 is 10.1 Å². The fraction of sp³-hybridized carbons (Fsp3) is 1.00. The zero-order chi connectivity index (χ0) is 16.3. The molecule has 0 radical (unpaired) electrons. The molecule has 7 heteroatoms. The van der Waals surface area contributed by atoms with Crippen LogP contribution in [0.4, 0.5) is 0 Å². The first kappa shape index (κ1) is 20.8. The quantitative estimate of drug-likeness (QED) is 0.500. The summed E-state index contributed by atoms with van der Waals surface area (Å²) in [4.78, 5) is 0. The number of nitrogens with zero attached hydrogens (tertiary/aromatic N) is 1. The first-order valence-corrected chi connectivity index (χ1v) is 9.21. The Kier molecular flexibility index (Phi) is 11.3. The standard InChI is InChI=1S/C14H33N3O3S/c1-13(2)12-20-11-7-9-16-21(18,19)17(5)10-6-8-15-14(3)4/h13-16H,6-12H2,1-5H3. The highest BCUT2D eigenvalue weighted by molar-refractivity contribution is 7.87. The van der Waals surface area contributed by atoms with E-state index in [2.05, 4.69) is 37.7 Å². The summed E-state index contributed by atoms with van der Waals surface area (Å²) in [5.74, 6) is 0.507. The van der Waals surface area contributed by atoms with E-state index in [1.54, 1.807) is 7.05 Å². The van der Waals surface area contributed by atoms with Gasteiger partial charge in [0, 0.05) is 39.4 Å². The Balaban J connectivity index is 3.75. The van der Waals surface area contributed by atoms with Crippen molar-refractivity contribution in [3.05, 3.63) is 0 Å². The van der Waals surface area contributed by atoms with Crippen LogP contribution in [0, 0.1) is 5.92 Å². The highest BCUT2D eigenvalue weighted by atomic mass is 32.2. The van der Waals surface area contributed by atoms with Gasteiger partial charge in [-0.1, -0.05) is 27.7 Å². The Morgan fingerprint density at radius 2 is 1.76 bits per heavy atom. The van der Waals surface area contributed by atoms with E-state index in [9.17, 15) is 8.42 Å². The van der Waals surface area contributed by atoms with Crippen LogP contribution >= 0.6 is 0 Å². The minimum absolute atomic E-state index is 0.412. The summed E-state index contributed by atoms with van der Waals surface area (Å²) in [6.07, 6.45) is 1.49. The second-order valence-electron chi connectivity index (χ2n) is 6.01. The first-order chi connectivity index (χ1) is 9.75. The molecule has 0 saturated heterocycles. The maximum Gasteiger partial charge on any atom is 0.279 e. The van der Waals surface area contributed by atoms with Gasteiger partial charge in [-0.05, 0) is 25.3 Å². The highest BCUT2D eigenvalue weighted by Crippen LogP contribution is 1.97. The van der Waals surface area contributed by atoms with E-state index < -0.39 is 10.2 Å². The van der Waals surface area contributed by atoms with Crippen molar-refractivity contribution >= 4 is 10.2 Å². The van der Waals surface area contributed by atoms with Gasteiger partial charge in [0.2, 0.25) is 0 Å². The molecule has 0 aromatic rings. The Bertz CT molecular complexity index is 345. The molecule has 21 heavy (non-hydrogen) atoms. The molecule has 0 spiro atoms. The van der Waals surface area contributed by atoms with Crippen LogP contribution in [-0.2, 0) is 14.9 Å². The third-order valence-electron chi connectivity index (χ3n) is 2.81. The Morgan fingerprint density at radius 3 is 2.33 bits per heavy atom. The third kappa shape index (κ3) is 12.1. The molecule has 0 unspecified atom stereocenters. The van der Waals surface area contributed by atoms with Crippen LogP contribution in [0.1, 0.15) is 40.5 Å². The lowest BCUT2D eigenvalue weighted by Crippen LogP contribution is -2.40. The zero-order valence-corrected chi connectivity index (χ0v) is 15.0. The van der Waals surface area contributed by atoms with Crippen molar-refractivity contribution in [1.29, 1.82) is 0 Å². The molecule has 6 nitrogen and oxygen atoms in total. The molecule has 2 N–H and O–H groups in total. The maximum absolute atomic E-state index is 12.0. The summed E-state index contributed by atoms with van der Waals surface area (Å²) >= 11 is 0. The van der Waals surface area contributed by atoms with Gasteiger partial charge in [0.1, 0.15) is 0 Å². The highest BCUT2D eigenvalue weighted by Gasteiger charge is 2.15. The lowest BCUT2D eigenvalue weighted by Gasteiger charge is -2.18. The molecule has 0 aromatic carbocycles. The first-order valence-electron chi connectivity index (χ1n) is 7.77. The summed E-state index contributed by atoms with van der Waals surface area (Å²) in [6.45, 7) is 11.4. The topological polar surface area (TPSA) is 70.7 Å².